The van der Waals surface area contributed by atoms with Crippen LogP contribution in [-0.2, 0) is 12.5 Å². The van der Waals surface area contributed by atoms with Crippen LogP contribution >= 0.6 is 0 Å². The first-order chi connectivity index (χ1) is 11.4. The number of aryl methyl sites for hydroxylation is 1. The Hall–Kier alpha value is -1.69. The summed E-state index contributed by atoms with van der Waals surface area (Å²) in [4.78, 5) is 12.3. The molecule has 2 aromatic rings. The zero-order valence-electron chi connectivity index (χ0n) is 15.3. The molecule has 0 radical (unpaired) electrons. The highest BCUT2D eigenvalue weighted by molar-refractivity contribution is 5.87. The molecule has 6 nitrogen and oxygen atoms in total. The van der Waals surface area contributed by atoms with Crippen LogP contribution in [0.2, 0.25) is 0 Å². The summed E-state index contributed by atoms with van der Waals surface area (Å²) in [7, 11) is 1.96. The van der Waals surface area contributed by atoms with Crippen molar-refractivity contribution in [1.82, 2.24) is 25.1 Å². The van der Waals surface area contributed by atoms with E-state index in [1.807, 2.05) is 17.9 Å². The van der Waals surface area contributed by atoms with Crippen LogP contribution in [-0.4, -0.2) is 45.9 Å². The fourth-order valence-corrected chi connectivity index (χ4v) is 4.12. The van der Waals surface area contributed by atoms with E-state index in [-0.39, 0.29) is 5.41 Å². The van der Waals surface area contributed by atoms with Crippen LogP contribution in [0.4, 0.5) is 5.82 Å². The standard InChI is InChI=1S/C18H28N6/c1-17(2,3)16-21-14-13(10-20-23(14)4)15(22-16)24-9-5-6-18(12-24)7-8-19-11-18/h10,19H,5-9,11-12H2,1-4H3/t18-/m1/s1. The highest BCUT2D eigenvalue weighted by Crippen LogP contribution is 2.38. The number of fused-ring (bicyclic) bond motifs is 1. The van der Waals surface area contributed by atoms with Gasteiger partial charge in [-0.1, -0.05) is 20.8 Å². The Kier molecular flexibility index (Phi) is 3.56. The van der Waals surface area contributed by atoms with Gasteiger partial charge in [0.25, 0.3) is 0 Å². The Morgan fingerprint density at radius 3 is 2.75 bits per heavy atom. The van der Waals surface area contributed by atoms with E-state index in [0.717, 1.165) is 48.9 Å². The van der Waals surface area contributed by atoms with Gasteiger partial charge in [-0.15, -0.1) is 0 Å². The van der Waals surface area contributed by atoms with Crippen molar-refractivity contribution in [2.75, 3.05) is 31.1 Å². The van der Waals surface area contributed by atoms with E-state index in [2.05, 4.69) is 36.1 Å². The molecule has 2 aliphatic heterocycles. The van der Waals surface area contributed by atoms with Gasteiger partial charge >= 0.3 is 0 Å². The largest absolute Gasteiger partial charge is 0.355 e. The molecule has 130 valence electrons. The highest BCUT2D eigenvalue weighted by atomic mass is 15.3. The normalized spacial score (nSPS) is 25.1. The second-order valence-electron chi connectivity index (χ2n) is 8.58. The molecule has 1 spiro atoms. The minimum absolute atomic E-state index is 0.0738. The fraction of sp³-hybridized carbons (Fsp3) is 0.722. The van der Waals surface area contributed by atoms with Gasteiger partial charge in [0.05, 0.1) is 11.6 Å². The molecule has 0 saturated carbocycles. The highest BCUT2D eigenvalue weighted by Gasteiger charge is 2.39. The minimum Gasteiger partial charge on any atom is -0.355 e. The molecule has 0 aliphatic carbocycles. The molecular weight excluding hydrogens is 300 g/mol. The van der Waals surface area contributed by atoms with Crippen molar-refractivity contribution in [3.8, 4) is 0 Å². The lowest BCUT2D eigenvalue weighted by atomic mass is 9.79. The summed E-state index contributed by atoms with van der Waals surface area (Å²) in [6, 6.07) is 0. The number of hydrogen-bond donors (Lipinski definition) is 1. The topological polar surface area (TPSA) is 58.9 Å². The molecule has 2 saturated heterocycles. The van der Waals surface area contributed by atoms with Crippen molar-refractivity contribution < 1.29 is 0 Å². The van der Waals surface area contributed by atoms with Crippen molar-refractivity contribution in [3.05, 3.63) is 12.0 Å². The molecule has 0 aromatic carbocycles. The van der Waals surface area contributed by atoms with E-state index in [4.69, 9.17) is 9.97 Å². The third-order valence-electron chi connectivity index (χ3n) is 5.54. The van der Waals surface area contributed by atoms with E-state index in [0.29, 0.717) is 5.41 Å². The molecule has 1 N–H and O–H groups in total. The van der Waals surface area contributed by atoms with E-state index < -0.39 is 0 Å². The van der Waals surface area contributed by atoms with Crippen LogP contribution < -0.4 is 10.2 Å². The van der Waals surface area contributed by atoms with Gasteiger partial charge in [-0.3, -0.25) is 4.68 Å². The van der Waals surface area contributed by atoms with Gasteiger partial charge in [0, 0.05) is 37.5 Å². The summed E-state index contributed by atoms with van der Waals surface area (Å²) in [6.07, 6.45) is 5.75. The molecule has 0 amide bonds. The quantitative estimate of drug-likeness (QED) is 0.870. The van der Waals surface area contributed by atoms with Gasteiger partial charge in [0.1, 0.15) is 11.6 Å². The SMILES string of the molecule is Cn1ncc2c(N3CCC[C@]4(CCNC4)C3)nc(C(C)(C)C)nc21. The predicted molar refractivity (Wildman–Crippen MR) is 96.4 cm³/mol. The molecule has 6 heteroatoms. The van der Waals surface area contributed by atoms with Crippen LogP contribution in [0.25, 0.3) is 11.0 Å². The third-order valence-corrected chi connectivity index (χ3v) is 5.54. The summed E-state index contributed by atoms with van der Waals surface area (Å²) in [5.74, 6) is 1.97. The molecular formula is C18H28N6. The van der Waals surface area contributed by atoms with Crippen LogP contribution in [0.15, 0.2) is 6.20 Å². The van der Waals surface area contributed by atoms with Crippen LogP contribution in [0.5, 0.6) is 0 Å². The van der Waals surface area contributed by atoms with E-state index in [1.165, 1.54) is 19.3 Å². The Labute approximate surface area is 143 Å². The summed E-state index contributed by atoms with van der Waals surface area (Å²) < 4.78 is 1.87. The number of anilines is 1. The summed E-state index contributed by atoms with van der Waals surface area (Å²) in [5, 5.41) is 9.07. The van der Waals surface area contributed by atoms with Crippen molar-refractivity contribution in [2.45, 2.75) is 45.4 Å². The maximum atomic E-state index is 5.00. The van der Waals surface area contributed by atoms with Crippen molar-refractivity contribution in [1.29, 1.82) is 0 Å². The van der Waals surface area contributed by atoms with E-state index in [9.17, 15) is 0 Å². The van der Waals surface area contributed by atoms with Gasteiger partial charge in [0.15, 0.2) is 5.65 Å². The molecule has 0 bridgehead atoms. The minimum atomic E-state index is -0.0738. The van der Waals surface area contributed by atoms with E-state index in [1.54, 1.807) is 0 Å². The van der Waals surface area contributed by atoms with Gasteiger partial charge in [-0.2, -0.15) is 5.10 Å². The average molecular weight is 328 g/mol. The molecule has 2 aliphatic rings. The first kappa shape index (κ1) is 15.8. The molecule has 1 atom stereocenters. The monoisotopic (exact) mass is 328 g/mol. The predicted octanol–water partition coefficient (Wildman–Crippen LogP) is 2.24. The number of nitrogens with zero attached hydrogens (tertiary/aromatic N) is 5. The van der Waals surface area contributed by atoms with Crippen molar-refractivity contribution in [3.63, 3.8) is 0 Å². The number of hydrogen-bond acceptors (Lipinski definition) is 5. The summed E-state index contributed by atoms with van der Waals surface area (Å²) in [5.41, 5.74) is 1.28. The lowest BCUT2D eigenvalue weighted by molar-refractivity contribution is 0.260. The second kappa shape index (κ2) is 5.41. The Morgan fingerprint density at radius 1 is 1.21 bits per heavy atom. The third kappa shape index (κ3) is 2.57. The average Bonchev–Trinajstić information content (AvgIpc) is 3.13. The Bertz CT molecular complexity index is 751. The maximum absolute atomic E-state index is 5.00. The summed E-state index contributed by atoms with van der Waals surface area (Å²) in [6.45, 7) is 11.0. The van der Waals surface area contributed by atoms with Crippen LogP contribution in [0.1, 0.15) is 45.9 Å². The second-order valence-corrected chi connectivity index (χ2v) is 8.58. The first-order valence-corrected chi connectivity index (χ1v) is 9.04. The Balaban J connectivity index is 1.80. The van der Waals surface area contributed by atoms with Crippen LogP contribution in [0, 0.1) is 5.41 Å². The molecule has 0 unspecified atom stereocenters. The van der Waals surface area contributed by atoms with Gasteiger partial charge in [0.2, 0.25) is 0 Å². The van der Waals surface area contributed by atoms with Crippen LogP contribution in [0.3, 0.4) is 0 Å². The number of nitrogens with one attached hydrogen (secondary N) is 1. The number of rotatable bonds is 1. The maximum Gasteiger partial charge on any atom is 0.163 e. The molecule has 4 heterocycles. The molecule has 4 rings (SSSR count). The molecule has 2 fully saturated rings. The van der Waals surface area contributed by atoms with Gasteiger partial charge in [-0.25, -0.2) is 9.97 Å². The van der Waals surface area contributed by atoms with E-state index >= 15 is 0 Å². The lowest BCUT2D eigenvalue weighted by Crippen LogP contribution is -2.45. The zero-order chi connectivity index (χ0) is 16.9. The molecule has 2 aromatic heterocycles. The molecule has 24 heavy (non-hydrogen) atoms. The summed E-state index contributed by atoms with van der Waals surface area (Å²) >= 11 is 0. The number of piperidine rings is 1. The van der Waals surface area contributed by atoms with Crippen molar-refractivity contribution in [2.24, 2.45) is 12.5 Å². The van der Waals surface area contributed by atoms with Gasteiger partial charge in [-0.05, 0) is 25.8 Å². The fourth-order valence-electron chi connectivity index (χ4n) is 4.12. The first-order valence-electron chi connectivity index (χ1n) is 9.04. The number of aromatic nitrogens is 4. The van der Waals surface area contributed by atoms with Crippen molar-refractivity contribution >= 4 is 16.9 Å². The zero-order valence-corrected chi connectivity index (χ0v) is 15.3. The Morgan fingerprint density at radius 2 is 2.04 bits per heavy atom. The lowest BCUT2D eigenvalue weighted by Gasteiger charge is -2.41. The van der Waals surface area contributed by atoms with Gasteiger partial charge < -0.3 is 10.2 Å². The smallest absolute Gasteiger partial charge is 0.163 e.